The molecule has 0 aliphatic carbocycles. The Morgan fingerprint density at radius 2 is 2.11 bits per heavy atom. The van der Waals surface area contributed by atoms with Crippen molar-refractivity contribution in [3.8, 4) is 0 Å². The standard InChI is InChI=1S/C16H21NO2/c1-13(18)15-9-5-6-12-17(15)16(19)11-10-14-7-3-2-4-8-14/h2-4,7-8,10-11,13,15,18H,5-6,9,12H2,1H3/b11-10+. The minimum absolute atomic E-state index is 0.00514. The van der Waals surface area contributed by atoms with Gasteiger partial charge in [0.05, 0.1) is 12.1 Å². The van der Waals surface area contributed by atoms with Gasteiger partial charge in [-0.3, -0.25) is 4.79 Å². The van der Waals surface area contributed by atoms with Crippen LogP contribution in [0.4, 0.5) is 0 Å². The summed E-state index contributed by atoms with van der Waals surface area (Å²) in [5, 5.41) is 9.76. The second-order valence-corrected chi connectivity index (χ2v) is 5.08. The molecule has 1 aliphatic heterocycles. The van der Waals surface area contributed by atoms with E-state index in [1.807, 2.05) is 36.4 Å². The van der Waals surface area contributed by atoms with Crippen LogP contribution >= 0.6 is 0 Å². The second-order valence-electron chi connectivity index (χ2n) is 5.08. The fourth-order valence-corrected chi connectivity index (χ4v) is 2.56. The van der Waals surface area contributed by atoms with E-state index in [-0.39, 0.29) is 11.9 Å². The third kappa shape index (κ3) is 3.67. The van der Waals surface area contributed by atoms with Crippen LogP contribution in [0.15, 0.2) is 36.4 Å². The average molecular weight is 259 g/mol. The van der Waals surface area contributed by atoms with E-state index in [2.05, 4.69) is 0 Å². The summed E-state index contributed by atoms with van der Waals surface area (Å²) in [6.45, 7) is 2.50. The van der Waals surface area contributed by atoms with E-state index in [4.69, 9.17) is 0 Å². The van der Waals surface area contributed by atoms with Crippen LogP contribution in [-0.2, 0) is 4.79 Å². The maximum absolute atomic E-state index is 12.2. The Hall–Kier alpha value is -1.61. The number of amides is 1. The van der Waals surface area contributed by atoms with Crippen molar-refractivity contribution in [2.75, 3.05) is 6.54 Å². The van der Waals surface area contributed by atoms with Gasteiger partial charge < -0.3 is 10.0 Å². The third-order valence-electron chi connectivity index (χ3n) is 3.61. The summed E-state index contributed by atoms with van der Waals surface area (Å²) in [6, 6.07) is 9.74. The lowest BCUT2D eigenvalue weighted by Crippen LogP contribution is -2.48. The van der Waals surface area contributed by atoms with Crippen molar-refractivity contribution in [1.29, 1.82) is 0 Å². The Morgan fingerprint density at radius 1 is 1.37 bits per heavy atom. The van der Waals surface area contributed by atoms with Crippen LogP contribution in [0.2, 0.25) is 0 Å². The number of likely N-dealkylation sites (tertiary alicyclic amines) is 1. The van der Waals surface area contributed by atoms with E-state index >= 15 is 0 Å². The first-order chi connectivity index (χ1) is 9.18. The number of rotatable bonds is 3. The molecule has 1 aromatic rings. The molecule has 0 radical (unpaired) electrons. The van der Waals surface area contributed by atoms with Gasteiger partial charge in [-0.05, 0) is 37.8 Å². The molecule has 102 valence electrons. The molecule has 1 aliphatic rings. The fraction of sp³-hybridized carbons (Fsp3) is 0.438. The molecule has 1 amide bonds. The van der Waals surface area contributed by atoms with Gasteiger partial charge in [0.1, 0.15) is 0 Å². The van der Waals surface area contributed by atoms with Crippen LogP contribution in [0.1, 0.15) is 31.7 Å². The van der Waals surface area contributed by atoms with Crippen LogP contribution in [0, 0.1) is 0 Å². The largest absolute Gasteiger partial charge is 0.391 e. The first kappa shape index (κ1) is 13.8. The van der Waals surface area contributed by atoms with E-state index in [9.17, 15) is 9.90 Å². The zero-order chi connectivity index (χ0) is 13.7. The topological polar surface area (TPSA) is 40.5 Å². The maximum Gasteiger partial charge on any atom is 0.246 e. The lowest BCUT2D eigenvalue weighted by molar-refractivity contribution is -0.132. The molecule has 1 saturated heterocycles. The Morgan fingerprint density at radius 3 is 2.79 bits per heavy atom. The highest BCUT2D eigenvalue weighted by Gasteiger charge is 2.28. The summed E-state index contributed by atoms with van der Waals surface area (Å²) < 4.78 is 0. The van der Waals surface area contributed by atoms with Gasteiger partial charge >= 0.3 is 0 Å². The zero-order valence-electron chi connectivity index (χ0n) is 11.3. The van der Waals surface area contributed by atoms with Crippen LogP contribution in [0.25, 0.3) is 6.08 Å². The highest BCUT2D eigenvalue weighted by molar-refractivity contribution is 5.92. The van der Waals surface area contributed by atoms with Crippen molar-refractivity contribution in [1.82, 2.24) is 4.90 Å². The van der Waals surface area contributed by atoms with Gasteiger partial charge in [-0.2, -0.15) is 0 Å². The predicted octanol–water partition coefficient (Wildman–Crippen LogP) is 2.46. The molecule has 0 bridgehead atoms. The summed E-state index contributed by atoms with van der Waals surface area (Å²) >= 11 is 0. The average Bonchev–Trinajstić information content (AvgIpc) is 2.46. The van der Waals surface area contributed by atoms with Crippen molar-refractivity contribution in [3.63, 3.8) is 0 Å². The van der Waals surface area contributed by atoms with Crippen molar-refractivity contribution >= 4 is 12.0 Å². The number of hydrogen-bond donors (Lipinski definition) is 1. The number of benzene rings is 1. The van der Waals surface area contributed by atoms with Crippen molar-refractivity contribution in [3.05, 3.63) is 42.0 Å². The van der Waals surface area contributed by atoms with Gasteiger partial charge in [0.15, 0.2) is 0 Å². The summed E-state index contributed by atoms with van der Waals surface area (Å²) in [5.41, 5.74) is 1.02. The van der Waals surface area contributed by atoms with E-state index in [0.717, 1.165) is 31.4 Å². The van der Waals surface area contributed by atoms with Crippen LogP contribution in [-0.4, -0.2) is 34.6 Å². The molecule has 19 heavy (non-hydrogen) atoms. The zero-order valence-corrected chi connectivity index (χ0v) is 11.3. The lowest BCUT2D eigenvalue weighted by atomic mass is 9.98. The van der Waals surface area contributed by atoms with Gasteiger partial charge in [-0.15, -0.1) is 0 Å². The number of hydrogen-bond acceptors (Lipinski definition) is 2. The van der Waals surface area contributed by atoms with E-state index in [1.54, 1.807) is 17.9 Å². The quantitative estimate of drug-likeness (QED) is 0.847. The minimum atomic E-state index is -0.464. The number of carbonyl (C=O) groups excluding carboxylic acids is 1. The lowest BCUT2D eigenvalue weighted by Gasteiger charge is -2.36. The van der Waals surface area contributed by atoms with Gasteiger partial charge in [-0.25, -0.2) is 0 Å². The van der Waals surface area contributed by atoms with Crippen LogP contribution in [0.5, 0.6) is 0 Å². The molecule has 3 nitrogen and oxygen atoms in total. The number of aliphatic hydroxyl groups is 1. The molecule has 1 aromatic carbocycles. The SMILES string of the molecule is CC(O)C1CCCCN1C(=O)/C=C/c1ccccc1. The maximum atomic E-state index is 12.2. The highest BCUT2D eigenvalue weighted by atomic mass is 16.3. The summed E-state index contributed by atoms with van der Waals surface area (Å²) in [6.07, 6.45) is 5.97. The second kappa shape index (κ2) is 6.53. The number of nitrogens with zero attached hydrogens (tertiary/aromatic N) is 1. The first-order valence-corrected chi connectivity index (χ1v) is 6.90. The molecule has 1 heterocycles. The molecule has 1 fully saturated rings. The fourth-order valence-electron chi connectivity index (χ4n) is 2.56. The molecule has 0 aromatic heterocycles. The summed E-state index contributed by atoms with van der Waals surface area (Å²) in [4.78, 5) is 14.0. The first-order valence-electron chi connectivity index (χ1n) is 6.90. The van der Waals surface area contributed by atoms with E-state index < -0.39 is 6.10 Å². The van der Waals surface area contributed by atoms with Crippen LogP contribution in [0.3, 0.4) is 0 Å². The van der Waals surface area contributed by atoms with Crippen molar-refractivity contribution in [2.45, 2.75) is 38.3 Å². The summed E-state index contributed by atoms with van der Waals surface area (Å²) in [5.74, 6) is -0.00514. The van der Waals surface area contributed by atoms with Gasteiger partial charge in [-0.1, -0.05) is 30.3 Å². The van der Waals surface area contributed by atoms with Crippen molar-refractivity contribution in [2.24, 2.45) is 0 Å². The van der Waals surface area contributed by atoms with E-state index in [0.29, 0.717) is 0 Å². The van der Waals surface area contributed by atoms with Crippen molar-refractivity contribution < 1.29 is 9.90 Å². The Labute approximate surface area is 114 Å². The molecule has 0 spiro atoms. The molecule has 2 atom stereocenters. The third-order valence-corrected chi connectivity index (χ3v) is 3.61. The molecule has 2 unspecified atom stereocenters. The summed E-state index contributed by atoms with van der Waals surface area (Å²) in [7, 11) is 0. The monoisotopic (exact) mass is 259 g/mol. The molecular weight excluding hydrogens is 238 g/mol. The van der Waals surface area contributed by atoms with Gasteiger partial charge in [0, 0.05) is 12.6 Å². The van der Waals surface area contributed by atoms with Gasteiger partial charge in [0.2, 0.25) is 5.91 Å². The minimum Gasteiger partial charge on any atom is -0.391 e. The highest BCUT2D eigenvalue weighted by Crippen LogP contribution is 2.20. The normalized spacial score (nSPS) is 21.6. The van der Waals surface area contributed by atoms with E-state index in [1.165, 1.54) is 0 Å². The molecule has 3 heteroatoms. The molecular formula is C16H21NO2. The Bertz CT molecular complexity index is 439. The number of aliphatic hydroxyl groups excluding tert-OH is 1. The Kier molecular flexibility index (Phi) is 4.74. The molecule has 2 rings (SSSR count). The van der Waals surface area contributed by atoms with Crippen LogP contribution < -0.4 is 0 Å². The number of carbonyl (C=O) groups is 1. The molecule has 0 saturated carbocycles. The van der Waals surface area contributed by atoms with Gasteiger partial charge in [0.25, 0.3) is 0 Å². The smallest absolute Gasteiger partial charge is 0.246 e. The predicted molar refractivity (Wildman–Crippen MR) is 76.5 cm³/mol. The Balaban J connectivity index is 2.04. The molecule has 1 N–H and O–H groups in total. The number of piperidine rings is 1.